The third kappa shape index (κ3) is 3.71. The van der Waals surface area contributed by atoms with Gasteiger partial charge in [-0.15, -0.1) is 0 Å². The fourth-order valence-corrected chi connectivity index (χ4v) is 2.92. The van der Waals surface area contributed by atoms with Gasteiger partial charge in [0.2, 0.25) is 0 Å². The molecule has 0 spiro atoms. The highest BCUT2D eigenvalue weighted by Crippen LogP contribution is 2.27. The quantitative estimate of drug-likeness (QED) is 0.810. The first kappa shape index (κ1) is 13.9. The molecule has 0 saturated heterocycles. The molecule has 0 unspecified atom stereocenters. The van der Waals surface area contributed by atoms with Gasteiger partial charge in [-0.1, -0.05) is 32.1 Å². The molecule has 0 aromatic carbocycles. The summed E-state index contributed by atoms with van der Waals surface area (Å²) in [7, 11) is 2.15. The van der Waals surface area contributed by atoms with Crippen molar-refractivity contribution in [3.05, 3.63) is 22.3 Å². The number of halogens is 1. The summed E-state index contributed by atoms with van der Waals surface area (Å²) in [4.78, 5) is 6.77. The molecule has 1 aromatic heterocycles. The van der Waals surface area contributed by atoms with Crippen LogP contribution in [-0.4, -0.2) is 18.6 Å². The van der Waals surface area contributed by atoms with Gasteiger partial charge >= 0.3 is 0 Å². The first-order valence-corrected chi connectivity index (χ1v) is 7.79. The largest absolute Gasteiger partial charge is 0.360 e. The van der Waals surface area contributed by atoms with Crippen molar-refractivity contribution in [1.82, 2.24) is 4.98 Å². The molecule has 0 radical (unpaired) electrons. The zero-order chi connectivity index (χ0) is 13.0. The van der Waals surface area contributed by atoms with Crippen molar-refractivity contribution in [3.63, 3.8) is 0 Å². The van der Waals surface area contributed by atoms with Gasteiger partial charge in [0.1, 0.15) is 5.82 Å². The Balaban J connectivity index is 1.86. The van der Waals surface area contributed by atoms with Crippen LogP contribution in [0.15, 0.2) is 16.7 Å². The van der Waals surface area contributed by atoms with Gasteiger partial charge in [0.05, 0.1) is 0 Å². The minimum absolute atomic E-state index is 0.942. The standard InChI is InChI=1S/C15H23BrN2/c1-12-10-15(17-11-14(12)16)18(2)9-8-13-6-4-3-5-7-13/h10-11,13H,3-9H2,1-2H3. The minimum atomic E-state index is 0.942. The summed E-state index contributed by atoms with van der Waals surface area (Å²) in [5.74, 6) is 2.03. The molecule has 1 aromatic rings. The molecule has 0 bridgehead atoms. The van der Waals surface area contributed by atoms with Crippen LogP contribution in [-0.2, 0) is 0 Å². The normalized spacial score (nSPS) is 16.8. The minimum Gasteiger partial charge on any atom is -0.360 e. The Kier molecular flexibility index (Phi) is 5.04. The van der Waals surface area contributed by atoms with Crippen LogP contribution in [0.5, 0.6) is 0 Å². The predicted molar refractivity (Wildman–Crippen MR) is 81.1 cm³/mol. The smallest absolute Gasteiger partial charge is 0.128 e. The number of hydrogen-bond donors (Lipinski definition) is 0. The molecular formula is C15H23BrN2. The summed E-state index contributed by atoms with van der Waals surface area (Å²) in [6.45, 7) is 3.24. The number of hydrogen-bond acceptors (Lipinski definition) is 2. The molecule has 18 heavy (non-hydrogen) atoms. The van der Waals surface area contributed by atoms with Crippen LogP contribution >= 0.6 is 15.9 Å². The van der Waals surface area contributed by atoms with Crippen molar-refractivity contribution in [3.8, 4) is 0 Å². The van der Waals surface area contributed by atoms with Crippen molar-refractivity contribution < 1.29 is 0 Å². The summed E-state index contributed by atoms with van der Waals surface area (Å²) in [5, 5.41) is 0. The molecule has 1 saturated carbocycles. The molecule has 1 heterocycles. The third-order valence-electron chi connectivity index (χ3n) is 4.02. The lowest BCUT2D eigenvalue weighted by molar-refractivity contribution is 0.341. The van der Waals surface area contributed by atoms with Gasteiger partial charge in [-0.05, 0) is 46.8 Å². The van der Waals surface area contributed by atoms with Gasteiger partial charge in [0.25, 0.3) is 0 Å². The predicted octanol–water partition coefficient (Wildman–Crippen LogP) is 4.56. The Labute approximate surface area is 119 Å². The molecule has 0 aliphatic heterocycles. The Bertz CT molecular complexity index is 386. The van der Waals surface area contributed by atoms with Crippen molar-refractivity contribution in [2.45, 2.75) is 45.4 Å². The Morgan fingerprint density at radius 1 is 1.33 bits per heavy atom. The first-order chi connectivity index (χ1) is 8.66. The maximum atomic E-state index is 4.48. The van der Waals surface area contributed by atoms with Gasteiger partial charge in [-0.2, -0.15) is 0 Å². The average Bonchev–Trinajstić information content (AvgIpc) is 2.40. The highest BCUT2D eigenvalue weighted by atomic mass is 79.9. The number of aromatic nitrogens is 1. The second kappa shape index (κ2) is 6.55. The summed E-state index contributed by atoms with van der Waals surface area (Å²) in [6.07, 6.45) is 10.4. The topological polar surface area (TPSA) is 16.1 Å². The van der Waals surface area contributed by atoms with E-state index < -0.39 is 0 Å². The lowest BCUT2D eigenvalue weighted by atomic mass is 9.87. The van der Waals surface area contributed by atoms with Gasteiger partial charge in [0, 0.05) is 24.3 Å². The summed E-state index contributed by atoms with van der Waals surface area (Å²) >= 11 is 3.50. The van der Waals surface area contributed by atoms with Crippen molar-refractivity contribution in [1.29, 1.82) is 0 Å². The van der Waals surface area contributed by atoms with E-state index in [4.69, 9.17) is 0 Å². The molecule has 1 aliphatic carbocycles. The highest BCUT2D eigenvalue weighted by molar-refractivity contribution is 9.10. The Morgan fingerprint density at radius 2 is 2.06 bits per heavy atom. The molecule has 2 nitrogen and oxygen atoms in total. The molecule has 1 aliphatic rings. The van der Waals surface area contributed by atoms with E-state index in [2.05, 4.69) is 45.9 Å². The third-order valence-corrected chi connectivity index (χ3v) is 4.85. The van der Waals surface area contributed by atoms with Crippen LogP contribution in [0.2, 0.25) is 0 Å². The SMILES string of the molecule is Cc1cc(N(C)CCC2CCCCC2)ncc1Br. The van der Waals surface area contributed by atoms with Crippen molar-refractivity contribution >= 4 is 21.7 Å². The second-order valence-electron chi connectivity index (χ2n) is 5.51. The zero-order valence-corrected chi connectivity index (χ0v) is 13.0. The van der Waals surface area contributed by atoms with E-state index in [1.165, 1.54) is 44.1 Å². The van der Waals surface area contributed by atoms with E-state index in [0.717, 1.165) is 22.8 Å². The van der Waals surface area contributed by atoms with Gasteiger partial charge in [-0.25, -0.2) is 4.98 Å². The van der Waals surface area contributed by atoms with E-state index in [0.29, 0.717) is 0 Å². The lowest BCUT2D eigenvalue weighted by Gasteiger charge is -2.25. The molecule has 100 valence electrons. The van der Waals surface area contributed by atoms with Crippen LogP contribution in [0.3, 0.4) is 0 Å². The van der Waals surface area contributed by atoms with E-state index in [-0.39, 0.29) is 0 Å². The fraction of sp³-hybridized carbons (Fsp3) is 0.667. The van der Waals surface area contributed by atoms with Crippen LogP contribution in [0.25, 0.3) is 0 Å². The number of anilines is 1. The molecular weight excluding hydrogens is 288 g/mol. The molecule has 2 rings (SSSR count). The zero-order valence-electron chi connectivity index (χ0n) is 11.5. The molecule has 3 heteroatoms. The number of pyridine rings is 1. The van der Waals surface area contributed by atoms with E-state index >= 15 is 0 Å². The molecule has 1 fully saturated rings. The maximum Gasteiger partial charge on any atom is 0.128 e. The molecule has 0 atom stereocenters. The van der Waals surface area contributed by atoms with Crippen LogP contribution < -0.4 is 4.90 Å². The highest BCUT2D eigenvalue weighted by Gasteiger charge is 2.14. The van der Waals surface area contributed by atoms with E-state index in [1.54, 1.807) is 0 Å². The van der Waals surface area contributed by atoms with Gasteiger partial charge in [0.15, 0.2) is 0 Å². The maximum absolute atomic E-state index is 4.48. The van der Waals surface area contributed by atoms with Crippen molar-refractivity contribution in [2.24, 2.45) is 5.92 Å². The number of nitrogens with zero attached hydrogens (tertiary/aromatic N) is 2. The second-order valence-corrected chi connectivity index (χ2v) is 6.36. The van der Waals surface area contributed by atoms with Crippen LogP contribution in [0, 0.1) is 12.8 Å². The Hall–Kier alpha value is -0.570. The monoisotopic (exact) mass is 310 g/mol. The number of aryl methyl sites for hydroxylation is 1. The van der Waals surface area contributed by atoms with E-state index in [9.17, 15) is 0 Å². The van der Waals surface area contributed by atoms with Gasteiger partial charge in [-0.3, -0.25) is 0 Å². The number of rotatable bonds is 4. The fourth-order valence-electron chi connectivity index (χ4n) is 2.70. The summed E-state index contributed by atoms with van der Waals surface area (Å²) < 4.78 is 1.09. The van der Waals surface area contributed by atoms with E-state index in [1.807, 2.05) is 6.20 Å². The van der Waals surface area contributed by atoms with Crippen LogP contribution in [0.1, 0.15) is 44.1 Å². The lowest BCUT2D eigenvalue weighted by Crippen LogP contribution is -2.22. The van der Waals surface area contributed by atoms with Gasteiger partial charge < -0.3 is 4.90 Å². The molecule has 0 amide bonds. The summed E-state index contributed by atoms with van der Waals surface area (Å²) in [6, 6.07) is 2.16. The first-order valence-electron chi connectivity index (χ1n) is 7.00. The van der Waals surface area contributed by atoms with Crippen LogP contribution in [0.4, 0.5) is 5.82 Å². The van der Waals surface area contributed by atoms with Crippen molar-refractivity contribution in [2.75, 3.05) is 18.5 Å². The Morgan fingerprint density at radius 3 is 2.72 bits per heavy atom. The summed E-state index contributed by atoms with van der Waals surface area (Å²) in [5.41, 5.74) is 1.25. The molecule has 0 N–H and O–H groups in total. The average molecular weight is 311 g/mol.